The fraction of sp³-hybridized carbons (Fsp3) is 0.900. The summed E-state index contributed by atoms with van der Waals surface area (Å²) in [5, 5.41) is 0. The van der Waals surface area contributed by atoms with E-state index in [-0.39, 0.29) is 18.3 Å². The summed E-state index contributed by atoms with van der Waals surface area (Å²) in [7, 11) is 0. The highest BCUT2D eigenvalue weighted by atomic mass is 19.1. The lowest BCUT2D eigenvalue weighted by Crippen LogP contribution is -2.28. The second-order valence-electron chi connectivity index (χ2n) is 4.12. The van der Waals surface area contributed by atoms with Crippen LogP contribution in [0.4, 0.5) is 4.39 Å². The van der Waals surface area contributed by atoms with Crippen LogP contribution in [0.1, 0.15) is 40.5 Å². The SMILES string of the molecule is CCC(CCF)C(=O)OC(C)(C)C. The Morgan fingerprint density at radius 3 is 2.31 bits per heavy atom. The summed E-state index contributed by atoms with van der Waals surface area (Å²) in [4.78, 5) is 11.4. The highest BCUT2D eigenvalue weighted by molar-refractivity contribution is 5.72. The molecule has 1 atom stereocenters. The van der Waals surface area contributed by atoms with Gasteiger partial charge in [0.2, 0.25) is 0 Å². The number of hydrogen-bond acceptors (Lipinski definition) is 2. The van der Waals surface area contributed by atoms with E-state index in [1.165, 1.54) is 0 Å². The second kappa shape index (κ2) is 5.20. The molecule has 0 heterocycles. The molecule has 0 aliphatic rings. The van der Waals surface area contributed by atoms with Gasteiger partial charge in [0.15, 0.2) is 0 Å². The van der Waals surface area contributed by atoms with Crippen molar-refractivity contribution in [3.8, 4) is 0 Å². The number of rotatable bonds is 4. The third-order valence-electron chi connectivity index (χ3n) is 1.69. The zero-order valence-electron chi connectivity index (χ0n) is 8.89. The minimum atomic E-state index is -0.471. The molecule has 0 aliphatic heterocycles. The normalized spacial score (nSPS) is 13.9. The lowest BCUT2D eigenvalue weighted by Gasteiger charge is -2.22. The number of hydrogen-bond donors (Lipinski definition) is 0. The van der Waals surface area contributed by atoms with E-state index >= 15 is 0 Å². The van der Waals surface area contributed by atoms with E-state index < -0.39 is 12.3 Å². The van der Waals surface area contributed by atoms with Crippen molar-refractivity contribution in [1.29, 1.82) is 0 Å². The fourth-order valence-corrected chi connectivity index (χ4v) is 1.01. The third-order valence-corrected chi connectivity index (χ3v) is 1.69. The molecule has 0 N–H and O–H groups in total. The van der Waals surface area contributed by atoms with Crippen LogP contribution in [-0.4, -0.2) is 18.2 Å². The highest BCUT2D eigenvalue weighted by Crippen LogP contribution is 2.16. The van der Waals surface area contributed by atoms with Crippen LogP contribution in [-0.2, 0) is 9.53 Å². The van der Waals surface area contributed by atoms with Crippen molar-refractivity contribution in [2.75, 3.05) is 6.67 Å². The van der Waals surface area contributed by atoms with E-state index in [4.69, 9.17) is 4.74 Å². The summed E-state index contributed by atoms with van der Waals surface area (Å²) in [5.41, 5.74) is -0.471. The van der Waals surface area contributed by atoms with E-state index in [0.717, 1.165) is 0 Å². The van der Waals surface area contributed by atoms with Gasteiger partial charge < -0.3 is 4.74 Å². The number of carbonyl (C=O) groups is 1. The largest absolute Gasteiger partial charge is 0.460 e. The second-order valence-corrected chi connectivity index (χ2v) is 4.12. The van der Waals surface area contributed by atoms with E-state index in [9.17, 15) is 9.18 Å². The maximum atomic E-state index is 12.0. The van der Waals surface area contributed by atoms with Gasteiger partial charge in [-0.05, 0) is 33.6 Å². The van der Waals surface area contributed by atoms with Crippen LogP contribution in [0.15, 0.2) is 0 Å². The number of alkyl halides is 1. The Bertz CT molecular complexity index is 161. The van der Waals surface area contributed by atoms with Crippen molar-refractivity contribution in [2.24, 2.45) is 5.92 Å². The predicted molar refractivity (Wildman–Crippen MR) is 50.2 cm³/mol. The molecule has 0 aromatic heterocycles. The summed E-state index contributed by atoms with van der Waals surface area (Å²) in [6.45, 7) is 6.84. The molecule has 3 heteroatoms. The van der Waals surface area contributed by atoms with Crippen LogP contribution >= 0.6 is 0 Å². The first-order chi connectivity index (χ1) is 5.90. The van der Waals surface area contributed by atoms with Crippen LogP contribution < -0.4 is 0 Å². The monoisotopic (exact) mass is 190 g/mol. The van der Waals surface area contributed by atoms with Crippen LogP contribution in [0.5, 0.6) is 0 Å². The summed E-state index contributed by atoms with van der Waals surface area (Å²) >= 11 is 0. The molecular formula is C10H19FO2. The van der Waals surface area contributed by atoms with Gasteiger partial charge in [-0.2, -0.15) is 0 Å². The molecule has 0 saturated heterocycles. The molecule has 78 valence electrons. The van der Waals surface area contributed by atoms with Gasteiger partial charge in [0.25, 0.3) is 0 Å². The fourth-order valence-electron chi connectivity index (χ4n) is 1.01. The molecule has 0 bridgehead atoms. The minimum absolute atomic E-state index is 0.269. The zero-order valence-corrected chi connectivity index (χ0v) is 8.89. The molecule has 0 rings (SSSR count). The molecule has 0 saturated carbocycles. The Balaban J connectivity index is 4.06. The van der Waals surface area contributed by atoms with Gasteiger partial charge in [-0.3, -0.25) is 9.18 Å². The lowest BCUT2D eigenvalue weighted by molar-refractivity contribution is -0.160. The summed E-state index contributed by atoms with van der Waals surface area (Å²) < 4.78 is 17.2. The van der Waals surface area contributed by atoms with Crippen molar-refractivity contribution in [2.45, 2.75) is 46.1 Å². The molecule has 0 radical (unpaired) electrons. The molecule has 0 spiro atoms. The van der Waals surface area contributed by atoms with Gasteiger partial charge >= 0.3 is 5.97 Å². The zero-order chi connectivity index (χ0) is 10.5. The van der Waals surface area contributed by atoms with Crippen LogP contribution in [0.25, 0.3) is 0 Å². The number of carbonyl (C=O) groups excluding carboxylic acids is 1. The Hall–Kier alpha value is -0.600. The Morgan fingerprint density at radius 2 is 2.00 bits per heavy atom. The predicted octanol–water partition coefficient (Wildman–Crippen LogP) is 2.71. The van der Waals surface area contributed by atoms with Gasteiger partial charge in [0.05, 0.1) is 12.6 Å². The lowest BCUT2D eigenvalue weighted by atomic mass is 10.0. The van der Waals surface area contributed by atoms with Crippen molar-refractivity contribution in [3.05, 3.63) is 0 Å². The minimum Gasteiger partial charge on any atom is -0.460 e. The summed E-state index contributed by atoms with van der Waals surface area (Å²) in [5.74, 6) is -0.572. The quantitative estimate of drug-likeness (QED) is 0.637. The maximum absolute atomic E-state index is 12.0. The Labute approximate surface area is 79.5 Å². The smallest absolute Gasteiger partial charge is 0.309 e. The van der Waals surface area contributed by atoms with Crippen molar-refractivity contribution >= 4 is 5.97 Å². The average molecular weight is 190 g/mol. The van der Waals surface area contributed by atoms with E-state index in [2.05, 4.69) is 0 Å². The first kappa shape index (κ1) is 12.4. The molecule has 0 aromatic carbocycles. The molecule has 2 nitrogen and oxygen atoms in total. The number of esters is 1. The summed E-state index contributed by atoms with van der Waals surface area (Å²) in [6.07, 6.45) is 0.907. The molecule has 13 heavy (non-hydrogen) atoms. The van der Waals surface area contributed by atoms with Crippen LogP contribution in [0.2, 0.25) is 0 Å². The first-order valence-corrected chi connectivity index (χ1v) is 4.69. The molecule has 0 amide bonds. The molecular weight excluding hydrogens is 171 g/mol. The molecule has 0 aromatic rings. The Morgan fingerprint density at radius 1 is 1.46 bits per heavy atom. The Kier molecular flexibility index (Phi) is 4.96. The van der Waals surface area contributed by atoms with E-state index in [1.807, 2.05) is 27.7 Å². The number of halogens is 1. The molecule has 0 fully saturated rings. The molecule has 1 unspecified atom stereocenters. The first-order valence-electron chi connectivity index (χ1n) is 4.69. The van der Waals surface area contributed by atoms with Gasteiger partial charge in [-0.25, -0.2) is 0 Å². The third kappa shape index (κ3) is 5.61. The van der Waals surface area contributed by atoms with Gasteiger partial charge in [-0.15, -0.1) is 0 Å². The number of ether oxygens (including phenoxy) is 1. The summed E-state index contributed by atoms with van der Waals surface area (Å²) in [6, 6.07) is 0. The van der Waals surface area contributed by atoms with Crippen molar-refractivity contribution in [1.82, 2.24) is 0 Å². The van der Waals surface area contributed by atoms with Gasteiger partial charge in [0, 0.05) is 0 Å². The standard InChI is InChI=1S/C10H19FO2/c1-5-8(6-7-11)9(12)13-10(2,3)4/h8H,5-7H2,1-4H3. The average Bonchev–Trinajstić information content (AvgIpc) is 1.96. The van der Waals surface area contributed by atoms with Crippen molar-refractivity contribution < 1.29 is 13.9 Å². The van der Waals surface area contributed by atoms with E-state index in [0.29, 0.717) is 6.42 Å². The topological polar surface area (TPSA) is 26.3 Å². The van der Waals surface area contributed by atoms with Crippen LogP contribution in [0, 0.1) is 5.92 Å². The highest BCUT2D eigenvalue weighted by Gasteiger charge is 2.23. The maximum Gasteiger partial charge on any atom is 0.309 e. The van der Waals surface area contributed by atoms with Crippen molar-refractivity contribution in [3.63, 3.8) is 0 Å². The van der Waals surface area contributed by atoms with E-state index in [1.54, 1.807) is 0 Å². The van der Waals surface area contributed by atoms with Crippen LogP contribution in [0.3, 0.4) is 0 Å². The van der Waals surface area contributed by atoms with Gasteiger partial charge in [0.1, 0.15) is 5.60 Å². The van der Waals surface area contributed by atoms with Gasteiger partial charge in [-0.1, -0.05) is 6.92 Å². The molecule has 0 aliphatic carbocycles.